The molecule has 2 aromatic rings. The molecule has 3 rings (SSSR count). The molecule has 2 aromatic carbocycles. The third-order valence-corrected chi connectivity index (χ3v) is 4.59. The van der Waals surface area contributed by atoms with Crippen molar-refractivity contribution in [2.24, 2.45) is 0 Å². The number of rotatable bonds is 2. The van der Waals surface area contributed by atoms with Crippen LogP contribution in [0.15, 0.2) is 30.3 Å². The Bertz CT molecular complexity index is 867. The average Bonchev–Trinajstić information content (AvgIpc) is 2.56. The lowest BCUT2D eigenvalue weighted by Crippen LogP contribution is -2.36. The Labute approximate surface area is 150 Å². The smallest absolute Gasteiger partial charge is 0.259 e. The van der Waals surface area contributed by atoms with Crippen molar-refractivity contribution in [2.45, 2.75) is 26.7 Å². The van der Waals surface area contributed by atoms with E-state index in [1.165, 1.54) is 19.1 Å². The van der Waals surface area contributed by atoms with Gasteiger partial charge in [-0.15, -0.1) is 0 Å². The highest BCUT2D eigenvalue weighted by atomic mass is 35.5. The topological polar surface area (TPSA) is 49.4 Å². The Hall–Kier alpha value is -2.40. The molecule has 0 bridgehead atoms. The minimum atomic E-state index is -0.482. The van der Waals surface area contributed by atoms with Gasteiger partial charge in [-0.1, -0.05) is 17.7 Å². The lowest BCUT2D eigenvalue weighted by molar-refractivity contribution is -0.114. The molecule has 4 nitrogen and oxygen atoms in total. The second kappa shape index (κ2) is 6.84. The van der Waals surface area contributed by atoms with Gasteiger partial charge in [-0.25, -0.2) is 4.39 Å². The molecule has 130 valence electrons. The van der Waals surface area contributed by atoms with Gasteiger partial charge in [0.2, 0.25) is 5.91 Å². The van der Waals surface area contributed by atoms with E-state index in [9.17, 15) is 14.0 Å². The van der Waals surface area contributed by atoms with E-state index in [4.69, 9.17) is 11.6 Å². The molecule has 0 radical (unpaired) electrons. The van der Waals surface area contributed by atoms with Crippen LogP contribution < -0.4 is 10.2 Å². The minimum Gasteiger partial charge on any atom is -0.326 e. The first-order chi connectivity index (χ1) is 11.9. The van der Waals surface area contributed by atoms with Crippen molar-refractivity contribution in [3.05, 3.63) is 57.9 Å². The van der Waals surface area contributed by atoms with Crippen molar-refractivity contribution in [1.29, 1.82) is 0 Å². The van der Waals surface area contributed by atoms with Crippen LogP contribution in [0.1, 0.15) is 34.8 Å². The molecule has 1 heterocycles. The van der Waals surface area contributed by atoms with E-state index in [2.05, 4.69) is 5.32 Å². The van der Waals surface area contributed by atoms with Gasteiger partial charge in [0.05, 0.1) is 16.3 Å². The Morgan fingerprint density at radius 2 is 2.00 bits per heavy atom. The normalized spacial score (nSPS) is 13.4. The van der Waals surface area contributed by atoms with E-state index in [-0.39, 0.29) is 22.4 Å². The first-order valence-corrected chi connectivity index (χ1v) is 8.43. The van der Waals surface area contributed by atoms with E-state index in [0.29, 0.717) is 6.54 Å². The molecule has 0 spiro atoms. The predicted molar refractivity (Wildman–Crippen MR) is 96.9 cm³/mol. The first-order valence-electron chi connectivity index (χ1n) is 8.05. The van der Waals surface area contributed by atoms with Crippen LogP contribution in [0.2, 0.25) is 5.02 Å². The zero-order chi connectivity index (χ0) is 18.1. The highest BCUT2D eigenvalue weighted by Gasteiger charge is 2.28. The van der Waals surface area contributed by atoms with Gasteiger partial charge in [0.1, 0.15) is 5.82 Å². The van der Waals surface area contributed by atoms with Gasteiger partial charge < -0.3 is 10.2 Å². The zero-order valence-electron chi connectivity index (χ0n) is 14.0. The molecule has 0 aliphatic carbocycles. The van der Waals surface area contributed by atoms with Crippen LogP contribution >= 0.6 is 11.6 Å². The van der Waals surface area contributed by atoms with Crippen molar-refractivity contribution >= 4 is 34.8 Å². The van der Waals surface area contributed by atoms with E-state index < -0.39 is 5.82 Å². The maximum Gasteiger partial charge on any atom is 0.259 e. The zero-order valence-corrected chi connectivity index (χ0v) is 14.8. The summed E-state index contributed by atoms with van der Waals surface area (Å²) in [6.45, 7) is 3.93. The number of amides is 2. The molecule has 1 N–H and O–H groups in total. The molecule has 0 atom stereocenters. The number of anilines is 2. The Morgan fingerprint density at radius 3 is 2.68 bits per heavy atom. The van der Waals surface area contributed by atoms with Crippen LogP contribution in [-0.2, 0) is 11.2 Å². The maximum absolute atomic E-state index is 13.3. The third kappa shape index (κ3) is 3.37. The fourth-order valence-corrected chi connectivity index (χ4v) is 3.47. The molecule has 0 saturated heterocycles. The number of carbonyl (C=O) groups excluding carboxylic acids is 2. The number of nitrogens with one attached hydrogen (secondary N) is 1. The number of benzene rings is 2. The quantitative estimate of drug-likeness (QED) is 0.866. The first kappa shape index (κ1) is 17.4. The molecular formula is C19H18ClFN2O2. The summed E-state index contributed by atoms with van der Waals surface area (Å²) in [5.41, 5.74) is 3.65. The van der Waals surface area contributed by atoms with E-state index in [0.717, 1.165) is 41.4 Å². The summed E-state index contributed by atoms with van der Waals surface area (Å²) in [5, 5.41) is 2.92. The molecule has 0 aromatic heterocycles. The molecule has 6 heteroatoms. The van der Waals surface area contributed by atoms with Crippen molar-refractivity contribution < 1.29 is 14.0 Å². The van der Waals surface area contributed by atoms with Crippen molar-refractivity contribution in [1.82, 2.24) is 0 Å². The molecule has 2 amide bonds. The summed E-state index contributed by atoms with van der Waals surface area (Å²) >= 11 is 6.07. The largest absolute Gasteiger partial charge is 0.326 e. The van der Waals surface area contributed by atoms with Gasteiger partial charge in [0.25, 0.3) is 5.91 Å². The maximum atomic E-state index is 13.3. The van der Waals surface area contributed by atoms with E-state index in [1.807, 2.05) is 19.1 Å². The SMILES string of the molecule is CC(=O)Nc1ccc(C)c2c1CCCN2C(=O)c1ccc(F)cc1Cl. The number of hydrogen-bond donors (Lipinski definition) is 1. The average molecular weight is 361 g/mol. The Balaban J connectivity index is 2.06. The molecular weight excluding hydrogens is 343 g/mol. The fourth-order valence-electron chi connectivity index (χ4n) is 3.23. The van der Waals surface area contributed by atoms with E-state index in [1.54, 1.807) is 4.90 Å². The van der Waals surface area contributed by atoms with Gasteiger partial charge in [-0.2, -0.15) is 0 Å². The lowest BCUT2D eigenvalue weighted by Gasteiger charge is -2.32. The molecule has 0 fully saturated rings. The van der Waals surface area contributed by atoms with Gasteiger partial charge >= 0.3 is 0 Å². The summed E-state index contributed by atoms with van der Waals surface area (Å²) in [6, 6.07) is 7.50. The standard InChI is InChI=1S/C19H18ClFN2O2/c1-11-5-8-17(22-12(2)24)15-4-3-9-23(18(11)15)19(25)14-7-6-13(21)10-16(14)20/h5-8,10H,3-4,9H2,1-2H3,(H,22,24). The summed E-state index contributed by atoms with van der Waals surface area (Å²) in [4.78, 5) is 26.1. The van der Waals surface area contributed by atoms with Gasteiger partial charge in [0.15, 0.2) is 0 Å². The second-order valence-corrected chi connectivity index (χ2v) is 6.53. The summed E-state index contributed by atoms with van der Waals surface area (Å²) in [7, 11) is 0. The van der Waals surface area contributed by atoms with Crippen molar-refractivity contribution in [3.63, 3.8) is 0 Å². The van der Waals surface area contributed by atoms with Crippen LogP contribution in [0.5, 0.6) is 0 Å². The van der Waals surface area contributed by atoms with Crippen LogP contribution in [0.25, 0.3) is 0 Å². The van der Waals surface area contributed by atoms with Crippen LogP contribution in [-0.4, -0.2) is 18.4 Å². The third-order valence-electron chi connectivity index (χ3n) is 4.28. The second-order valence-electron chi connectivity index (χ2n) is 6.12. The highest BCUT2D eigenvalue weighted by molar-refractivity contribution is 6.34. The minimum absolute atomic E-state index is 0.0905. The lowest BCUT2D eigenvalue weighted by atomic mass is 9.95. The van der Waals surface area contributed by atoms with Crippen LogP contribution in [0.4, 0.5) is 15.8 Å². The van der Waals surface area contributed by atoms with Gasteiger partial charge in [0, 0.05) is 19.2 Å². The number of aryl methyl sites for hydroxylation is 1. The number of fused-ring (bicyclic) bond motifs is 1. The van der Waals surface area contributed by atoms with Gasteiger partial charge in [-0.05, 0) is 55.2 Å². The molecule has 1 aliphatic rings. The molecule has 0 saturated carbocycles. The van der Waals surface area contributed by atoms with E-state index >= 15 is 0 Å². The number of hydrogen-bond acceptors (Lipinski definition) is 2. The number of nitrogens with zero attached hydrogens (tertiary/aromatic N) is 1. The summed E-state index contributed by atoms with van der Waals surface area (Å²) in [5.74, 6) is -0.908. The summed E-state index contributed by atoms with van der Waals surface area (Å²) in [6.07, 6.45) is 1.54. The Kier molecular flexibility index (Phi) is 4.77. The Morgan fingerprint density at radius 1 is 1.24 bits per heavy atom. The predicted octanol–water partition coefficient (Wildman–Crippen LogP) is 4.34. The monoisotopic (exact) mass is 360 g/mol. The van der Waals surface area contributed by atoms with Crippen molar-refractivity contribution in [3.8, 4) is 0 Å². The van der Waals surface area contributed by atoms with Crippen LogP contribution in [0.3, 0.4) is 0 Å². The van der Waals surface area contributed by atoms with Crippen molar-refractivity contribution in [2.75, 3.05) is 16.8 Å². The number of halogens is 2. The molecule has 25 heavy (non-hydrogen) atoms. The van der Waals surface area contributed by atoms with Crippen LogP contribution in [0, 0.1) is 12.7 Å². The highest BCUT2D eigenvalue weighted by Crippen LogP contribution is 2.37. The summed E-state index contributed by atoms with van der Waals surface area (Å²) < 4.78 is 13.3. The fraction of sp³-hybridized carbons (Fsp3) is 0.263. The number of carbonyl (C=O) groups is 2. The molecule has 1 aliphatic heterocycles. The molecule has 0 unspecified atom stereocenters. The van der Waals surface area contributed by atoms with Gasteiger partial charge in [-0.3, -0.25) is 9.59 Å².